The van der Waals surface area contributed by atoms with Crippen molar-refractivity contribution in [2.75, 3.05) is 0 Å². The predicted octanol–water partition coefficient (Wildman–Crippen LogP) is 3.66. The molecule has 0 unspecified atom stereocenters. The molecule has 70 valence electrons. The number of Topliss-reactive ketones (excluding diaryl/α,β-unsaturated/α-hetero) is 1. The van der Waals surface area contributed by atoms with Crippen molar-refractivity contribution in [2.24, 2.45) is 0 Å². The van der Waals surface area contributed by atoms with Crippen LogP contribution in [0.4, 0.5) is 0 Å². The molecule has 0 amide bonds. The molecule has 1 aromatic rings. The fourth-order valence-electron chi connectivity index (χ4n) is 1.31. The van der Waals surface area contributed by atoms with Gasteiger partial charge in [0, 0.05) is 16.5 Å². The van der Waals surface area contributed by atoms with E-state index in [2.05, 4.69) is 15.9 Å². The maximum absolute atomic E-state index is 11.4. The van der Waals surface area contributed by atoms with Crippen molar-refractivity contribution in [3.63, 3.8) is 0 Å². The zero-order valence-electron chi connectivity index (χ0n) is 8.15. The minimum Gasteiger partial charge on any atom is -0.294 e. The molecule has 0 heterocycles. The lowest BCUT2D eigenvalue weighted by Gasteiger charge is -2.05. The van der Waals surface area contributed by atoms with Crippen LogP contribution in [-0.4, -0.2) is 5.78 Å². The van der Waals surface area contributed by atoms with Crippen LogP contribution in [0.5, 0.6) is 0 Å². The second-order valence-electron chi connectivity index (χ2n) is 3.20. The summed E-state index contributed by atoms with van der Waals surface area (Å²) in [6.45, 7) is 5.89. The summed E-state index contributed by atoms with van der Waals surface area (Å²) in [4.78, 5) is 11.4. The van der Waals surface area contributed by atoms with Gasteiger partial charge in [-0.3, -0.25) is 4.79 Å². The van der Waals surface area contributed by atoms with Crippen LogP contribution in [0.1, 0.15) is 34.8 Å². The first-order chi connectivity index (χ1) is 6.06. The Kier molecular flexibility index (Phi) is 3.26. The lowest BCUT2D eigenvalue weighted by atomic mass is 10.0. The summed E-state index contributed by atoms with van der Waals surface area (Å²) < 4.78 is 1.10. The van der Waals surface area contributed by atoms with Crippen LogP contribution in [-0.2, 0) is 0 Å². The third-order valence-electron chi connectivity index (χ3n) is 2.08. The number of aryl methyl sites for hydroxylation is 2. The molecule has 1 nitrogen and oxygen atoms in total. The monoisotopic (exact) mass is 240 g/mol. The van der Waals surface area contributed by atoms with E-state index in [-0.39, 0.29) is 5.78 Å². The van der Waals surface area contributed by atoms with Crippen molar-refractivity contribution < 1.29 is 4.79 Å². The summed E-state index contributed by atoms with van der Waals surface area (Å²) in [7, 11) is 0. The van der Waals surface area contributed by atoms with Crippen molar-refractivity contribution in [2.45, 2.75) is 27.2 Å². The fraction of sp³-hybridized carbons (Fsp3) is 0.364. The SMILES string of the molecule is CCC(=O)c1cc(C)c(Br)c(C)c1. The van der Waals surface area contributed by atoms with Gasteiger partial charge in [0.25, 0.3) is 0 Å². The molecule has 2 heteroatoms. The van der Waals surface area contributed by atoms with E-state index >= 15 is 0 Å². The fourth-order valence-corrected chi connectivity index (χ4v) is 1.54. The highest BCUT2D eigenvalue weighted by Crippen LogP contribution is 2.22. The number of carbonyl (C=O) groups excluding carboxylic acids is 1. The first kappa shape index (κ1) is 10.5. The topological polar surface area (TPSA) is 17.1 Å². The standard InChI is InChI=1S/C11H13BrO/c1-4-10(13)9-5-7(2)11(12)8(3)6-9/h5-6H,4H2,1-3H3. The molecule has 1 aromatic carbocycles. The molecule has 0 aliphatic carbocycles. The normalized spacial score (nSPS) is 10.2. The van der Waals surface area contributed by atoms with Gasteiger partial charge < -0.3 is 0 Å². The third-order valence-corrected chi connectivity index (χ3v) is 3.33. The number of ketones is 1. The minimum atomic E-state index is 0.207. The van der Waals surface area contributed by atoms with Gasteiger partial charge in [-0.05, 0) is 37.1 Å². The Morgan fingerprint density at radius 2 is 1.77 bits per heavy atom. The molecule has 13 heavy (non-hydrogen) atoms. The van der Waals surface area contributed by atoms with Crippen LogP contribution in [0.2, 0.25) is 0 Å². The van der Waals surface area contributed by atoms with Gasteiger partial charge in [-0.1, -0.05) is 22.9 Å². The number of carbonyl (C=O) groups is 1. The Morgan fingerprint density at radius 1 is 1.31 bits per heavy atom. The van der Waals surface area contributed by atoms with Crippen LogP contribution < -0.4 is 0 Å². The highest BCUT2D eigenvalue weighted by molar-refractivity contribution is 9.10. The van der Waals surface area contributed by atoms with E-state index in [1.54, 1.807) is 0 Å². The number of benzene rings is 1. The highest BCUT2D eigenvalue weighted by Gasteiger charge is 2.07. The Morgan fingerprint density at radius 3 is 2.15 bits per heavy atom. The van der Waals surface area contributed by atoms with Crippen molar-refractivity contribution in [3.8, 4) is 0 Å². The molecule has 0 atom stereocenters. The first-order valence-corrected chi connectivity index (χ1v) is 5.15. The zero-order chi connectivity index (χ0) is 10.0. The predicted molar refractivity (Wildman–Crippen MR) is 58.2 cm³/mol. The van der Waals surface area contributed by atoms with E-state index in [0.717, 1.165) is 21.2 Å². The summed E-state index contributed by atoms with van der Waals surface area (Å²) in [5.41, 5.74) is 3.06. The first-order valence-electron chi connectivity index (χ1n) is 4.36. The van der Waals surface area contributed by atoms with E-state index in [0.29, 0.717) is 6.42 Å². The third kappa shape index (κ3) is 2.19. The number of rotatable bonds is 2. The number of hydrogen-bond acceptors (Lipinski definition) is 1. The van der Waals surface area contributed by atoms with Crippen LogP contribution >= 0.6 is 15.9 Å². The summed E-state index contributed by atoms with van der Waals surface area (Å²) in [6, 6.07) is 3.87. The molecule has 0 aliphatic rings. The van der Waals surface area contributed by atoms with Gasteiger partial charge in [-0.25, -0.2) is 0 Å². The molecule has 0 saturated carbocycles. The summed E-state index contributed by atoms with van der Waals surface area (Å²) in [5, 5.41) is 0. The summed E-state index contributed by atoms with van der Waals surface area (Å²) in [5.74, 6) is 0.207. The van der Waals surface area contributed by atoms with E-state index in [9.17, 15) is 4.79 Å². The maximum Gasteiger partial charge on any atom is 0.162 e. The molecule has 0 N–H and O–H groups in total. The molecular weight excluding hydrogens is 228 g/mol. The second-order valence-corrected chi connectivity index (χ2v) is 3.99. The van der Waals surface area contributed by atoms with Crippen molar-refractivity contribution >= 4 is 21.7 Å². The minimum absolute atomic E-state index is 0.207. The Bertz CT molecular complexity index is 319. The van der Waals surface area contributed by atoms with Gasteiger partial charge in [0.2, 0.25) is 0 Å². The molecule has 0 aromatic heterocycles. The van der Waals surface area contributed by atoms with E-state index in [1.165, 1.54) is 0 Å². The molecule has 0 spiro atoms. The second kappa shape index (κ2) is 4.05. The Labute approximate surface area is 87.3 Å². The molecule has 0 bridgehead atoms. The van der Waals surface area contributed by atoms with Crippen molar-refractivity contribution in [1.29, 1.82) is 0 Å². The van der Waals surface area contributed by atoms with Crippen LogP contribution in [0.25, 0.3) is 0 Å². The average molecular weight is 241 g/mol. The number of halogens is 1. The van der Waals surface area contributed by atoms with Gasteiger partial charge in [-0.15, -0.1) is 0 Å². The average Bonchev–Trinajstić information content (AvgIpc) is 2.12. The summed E-state index contributed by atoms with van der Waals surface area (Å²) in [6.07, 6.45) is 0.570. The highest BCUT2D eigenvalue weighted by atomic mass is 79.9. The van der Waals surface area contributed by atoms with Crippen LogP contribution in [0, 0.1) is 13.8 Å². The lowest BCUT2D eigenvalue weighted by molar-refractivity contribution is 0.0988. The van der Waals surface area contributed by atoms with Crippen molar-refractivity contribution in [1.82, 2.24) is 0 Å². The van der Waals surface area contributed by atoms with E-state index < -0.39 is 0 Å². The Balaban J connectivity index is 3.20. The van der Waals surface area contributed by atoms with Crippen LogP contribution in [0.15, 0.2) is 16.6 Å². The van der Waals surface area contributed by atoms with Gasteiger partial charge in [0.05, 0.1) is 0 Å². The molecule has 0 aliphatic heterocycles. The van der Waals surface area contributed by atoms with Gasteiger partial charge in [0.15, 0.2) is 5.78 Å². The Hall–Kier alpha value is -0.630. The number of hydrogen-bond donors (Lipinski definition) is 0. The smallest absolute Gasteiger partial charge is 0.162 e. The maximum atomic E-state index is 11.4. The quantitative estimate of drug-likeness (QED) is 0.722. The molecule has 0 radical (unpaired) electrons. The lowest BCUT2D eigenvalue weighted by Crippen LogP contribution is -1.98. The largest absolute Gasteiger partial charge is 0.294 e. The molecular formula is C11H13BrO. The van der Waals surface area contributed by atoms with Crippen LogP contribution in [0.3, 0.4) is 0 Å². The van der Waals surface area contributed by atoms with Crippen molar-refractivity contribution in [3.05, 3.63) is 33.3 Å². The van der Waals surface area contributed by atoms with Gasteiger partial charge in [-0.2, -0.15) is 0 Å². The molecule has 0 fully saturated rings. The molecule has 1 rings (SSSR count). The van der Waals surface area contributed by atoms with E-state index in [1.807, 2.05) is 32.9 Å². The summed E-state index contributed by atoms with van der Waals surface area (Å²) >= 11 is 3.47. The molecule has 0 saturated heterocycles. The zero-order valence-corrected chi connectivity index (χ0v) is 9.73. The van der Waals surface area contributed by atoms with Gasteiger partial charge in [0.1, 0.15) is 0 Å². The van der Waals surface area contributed by atoms with E-state index in [4.69, 9.17) is 0 Å². The van der Waals surface area contributed by atoms with Gasteiger partial charge >= 0.3 is 0 Å².